The summed E-state index contributed by atoms with van der Waals surface area (Å²) in [5.74, 6) is 1.19. The lowest BCUT2D eigenvalue weighted by molar-refractivity contribution is -0.214. The number of azide groups is 1. The summed E-state index contributed by atoms with van der Waals surface area (Å²) in [4.78, 5) is 14.6. The van der Waals surface area contributed by atoms with Crippen LogP contribution in [-0.2, 0) is 9.53 Å². The molecule has 34 heavy (non-hydrogen) atoms. The predicted molar refractivity (Wildman–Crippen MR) is 127 cm³/mol. The van der Waals surface area contributed by atoms with Crippen molar-refractivity contribution in [2.24, 2.45) is 51.5 Å². The molecule has 192 valence electrons. The van der Waals surface area contributed by atoms with Crippen molar-refractivity contribution in [1.82, 2.24) is 0 Å². The topological polar surface area (TPSA) is 136 Å². The first-order chi connectivity index (χ1) is 16.0. The molecule has 0 amide bonds. The molecule has 0 aromatic rings. The molecule has 0 spiro atoms. The van der Waals surface area contributed by atoms with Gasteiger partial charge in [-0.25, -0.2) is 0 Å². The second-order valence-electron chi connectivity index (χ2n) is 12.5. The highest BCUT2D eigenvalue weighted by molar-refractivity contribution is 5.69. The third-order valence-electron chi connectivity index (χ3n) is 11.2. The minimum absolute atomic E-state index is 0.0522. The molecule has 4 fully saturated rings. The zero-order valence-corrected chi connectivity index (χ0v) is 21.2. The standard InChI is InChI=1S/C26H43N3O5/c1-15(5-8-22(32)34-4)17-6-7-18-23-19(12-21(31)25(17,18)3)24(2)9-10-26(33,14-28-29-27)13-16(24)11-20(23)30/h15-21,23,30-31,33H,5-14H2,1-4H3/t15-,16-,17-,18+,19+,20-,21+,23+,24+,25-,26+/m1/s1. The third-order valence-corrected chi connectivity index (χ3v) is 11.2. The first-order valence-electron chi connectivity index (χ1n) is 13.2. The van der Waals surface area contributed by atoms with Crippen LogP contribution in [0.15, 0.2) is 5.11 Å². The van der Waals surface area contributed by atoms with E-state index in [4.69, 9.17) is 10.3 Å². The van der Waals surface area contributed by atoms with Gasteiger partial charge in [-0.15, -0.1) is 0 Å². The normalized spacial score (nSPS) is 48.6. The first-order valence-corrected chi connectivity index (χ1v) is 13.2. The number of nitrogens with zero attached hydrogens (tertiary/aromatic N) is 3. The lowest BCUT2D eigenvalue weighted by Crippen LogP contribution is -2.63. The van der Waals surface area contributed by atoms with Gasteiger partial charge >= 0.3 is 5.97 Å². The minimum Gasteiger partial charge on any atom is -0.469 e. The van der Waals surface area contributed by atoms with E-state index in [1.54, 1.807) is 0 Å². The molecular formula is C26H43N3O5. The molecule has 8 heteroatoms. The van der Waals surface area contributed by atoms with Gasteiger partial charge in [0.25, 0.3) is 0 Å². The highest BCUT2D eigenvalue weighted by Crippen LogP contribution is 2.68. The summed E-state index contributed by atoms with van der Waals surface area (Å²) in [6.45, 7) is 6.80. The molecule has 0 aromatic heterocycles. The van der Waals surface area contributed by atoms with Crippen LogP contribution < -0.4 is 0 Å². The van der Waals surface area contributed by atoms with E-state index in [1.807, 2.05) is 0 Å². The maximum absolute atomic E-state index is 11.7. The average molecular weight is 478 g/mol. The predicted octanol–water partition coefficient (Wildman–Crippen LogP) is 4.22. The van der Waals surface area contributed by atoms with Gasteiger partial charge in [-0.3, -0.25) is 4.79 Å². The number of hydrogen-bond acceptors (Lipinski definition) is 6. The highest BCUT2D eigenvalue weighted by atomic mass is 16.5. The largest absolute Gasteiger partial charge is 0.469 e. The SMILES string of the molecule is COC(=O)CC[C@@H](C)[C@H]1CC[C@H]2[C@@H]3[C@H](O)C[C@@H]4C[C@](O)(CN=[N+]=[N-])CC[C@]4(C)[C@H]3C[C@H](O)[C@]12C. The maximum atomic E-state index is 11.7. The van der Waals surface area contributed by atoms with Gasteiger partial charge in [0.2, 0.25) is 0 Å². The van der Waals surface area contributed by atoms with E-state index in [9.17, 15) is 20.1 Å². The van der Waals surface area contributed by atoms with Gasteiger partial charge in [0.1, 0.15) is 0 Å². The van der Waals surface area contributed by atoms with Crippen LogP contribution in [0.1, 0.15) is 78.6 Å². The first kappa shape index (κ1) is 25.7. The molecule has 0 saturated heterocycles. The quantitative estimate of drug-likeness (QED) is 0.228. The Kier molecular flexibility index (Phi) is 7.02. The molecule has 0 bridgehead atoms. The molecule has 4 rings (SSSR count). The fraction of sp³-hybridized carbons (Fsp3) is 0.962. The van der Waals surface area contributed by atoms with E-state index in [-0.39, 0.29) is 47.0 Å². The number of ether oxygens (including phenoxy) is 1. The monoisotopic (exact) mass is 477 g/mol. The second kappa shape index (κ2) is 9.27. The summed E-state index contributed by atoms with van der Waals surface area (Å²) in [6, 6.07) is 0. The molecule has 0 aliphatic heterocycles. The average Bonchev–Trinajstić information content (AvgIpc) is 3.16. The van der Waals surface area contributed by atoms with Crippen LogP contribution in [0, 0.1) is 46.3 Å². The zero-order chi connectivity index (χ0) is 24.9. The van der Waals surface area contributed by atoms with Gasteiger partial charge in [-0.05, 0) is 103 Å². The number of rotatable bonds is 6. The molecule has 0 heterocycles. The van der Waals surface area contributed by atoms with Crippen LogP contribution in [0.4, 0.5) is 0 Å². The third kappa shape index (κ3) is 4.04. The van der Waals surface area contributed by atoms with Crippen molar-refractivity contribution in [3.63, 3.8) is 0 Å². The summed E-state index contributed by atoms with van der Waals surface area (Å²) in [5, 5.41) is 37.8. The van der Waals surface area contributed by atoms with E-state index < -0.39 is 17.8 Å². The van der Waals surface area contributed by atoms with Crippen LogP contribution >= 0.6 is 0 Å². The number of carbonyl (C=O) groups is 1. The number of methoxy groups -OCH3 is 1. The molecule has 0 unspecified atom stereocenters. The number of aliphatic hydroxyl groups is 3. The van der Waals surface area contributed by atoms with Crippen LogP contribution in [0.5, 0.6) is 0 Å². The van der Waals surface area contributed by atoms with Crippen molar-refractivity contribution in [1.29, 1.82) is 0 Å². The molecule has 4 aliphatic carbocycles. The summed E-state index contributed by atoms with van der Waals surface area (Å²) in [5.41, 5.74) is 7.40. The Balaban J connectivity index is 1.56. The molecular weight excluding hydrogens is 434 g/mol. The summed E-state index contributed by atoms with van der Waals surface area (Å²) >= 11 is 0. The summed E-state index contributed by atoms with van der Waals surface area (Å²) in [7, 11) is 1.42. The van der Waals surface area contributed by atoms with Gasteiger partial charge < -0.3 is 20.1 Å². The smallest absolute Gasteiger partial charge is 0.305 e. The van der Waals surface area contributed by atoms with Crippen molar-refractivity contribution >= 4 is 5.97 Å². The van der Waals surface area contributed by atoms with Crippen molar-refractivity contribution < 1.29 is 24.9 Å². The lowest BCUT2D eigenvalue weighted by atomic mass is 9.42. The Labute approximate surface area is 203 Å². The van der Waals surface area contributed by atoms with Crippen molar-refractivity contribution in [2.45, 2.75) is 96.4 Å². The lowest BCUT2D eigenvalue weighted by Gasteiger charge is -2.64. The van der Waals surface area contributed by atoms with Gasteiger partial charge in [0.15, 0.2) is 0 Å². The van der Waals surface area contributed by atoms with Crippen molar-refractivity contribution in [2.75, 3.05) is 13.7 Å². The molecule has 0 aromatic carbocycles. The van der Waals surface area contributed by atoms with Crippen molar-refractivity contribution in [3.8, 4) is 0 Å². The van der Waals surface area contributed by atoms with Gasteiger partial charge in [0, 0.05) is 11.3 Å². The second-order valence-corrected chi connectivity index (χ2v) is 12.5. The Bertz CT molecular complexity index is 833. The Morgan fingerprint density at radius 1 is 1.21 bits per heavy atom. The Morgan fingerprint density at radius 3 is 2.62 bits per heavy atom. The van der Waals surface area contributed by atoms with Gasteiger partial charge in [-0.1, -0.05) is 25.9 Å². The van der Waals surface area contributed by atoms with Crippen LogP contribution in [0.25, 0.3) is 10.4 Å². The Morgan fingerprint density at radius 2 is 1.94 bits per heavy atom. The highest BCUT2D eigenvalue weighted by Gasteiger charge is 2.66. The summed E-state index contributed by atoms with van der Waals surface area (Å²) in [6.07, 6.45) is 5.55. The Hall–Kier alpha value is -1.34. The fourth-order valence-corrected chi connectivity index (χ4v) is 9.18. The molecule has 11 atom stereocenters. The van der Waals surface area contributed by atoms with Crippen LogP contribution in [0.2, 0.25) is 0 Å². The van der Waals surface area contributed by atoms with Crippen LogP contribution in [-0.4, -0.2) is 52.8 Å². The zero-order valence-electron chi connectivity index (χ0n) is 21.2. The van der Waals surface area contributed by atoms with E-state index in [1.165, 1.54) is 7.11 Å². The van der Waals surface area contributed by atoms with E-state index in [2.05, 4.69) is 30.8 Å². The number of hydrogen-bond donors (Lipinski definition) is 3. The summed E-state index contributed by atoms with van der Waals surface area (Å²) < 4.78 is 4.84. The number of aliphatic hydroxyl groups excluding tert-OH is 2. The van der Waals surface area contributed by atoms with Gasteiger partial charge in [0.05, 0.1) is 31.5 Å². The van der Waals surface area contributed by atoms with Gasteiger partial charge in [-0.2, -0.15) is 0 Å². The molecule has 0 radical (unpaired) electrons. The number of fused-ring (bicyclic) bond motifs is 5. The maximum Gasteiger partial charge on any atom is 0.305 e. The fourth-order valence-electron chi connectivity index (χ4n) is 9.18. The molecule has 4 saturated carbocycles. The number of carbonyl (C=O) groups excluding carboxylic acids is 1. The van der Waals surface area contributed by atoms with E-state index in [0.717, 1.165) is 25.7 Å². The molecule has 8 nitrogen and oxygen atoms in total. The van der Waals surface area contributed by atoms with E-state index >= 15 is 0 Å². The number of esters is 1. The van der Waals surface area contributed by atoms with Crippen LogP contribution in [0.3, 0.4) is 0 Å². The minimum atomic E-state index is -1.00. The molecule has 3 N–H and O–H groups in total. The molecule has 4 aliphatic rings. The van der Waals surface area contributed by atoms with E-state index in [0.29, 0.717) is 43.9 Å². The van der Waals surface area contributed by atoms with Crippen molar-refractivity contribution in [3.05, 3.63) is 10.4 Å².